The molecule has 0 radical (unpaired) electrons. The summed E-state index contributed by atoms with van der Waals surface area (Å²) in [6.07, 6.45) is 2.25. The normalized spacial score (nSPS) is 19.9. The molecule has 1 aromatic rings. The predicted molar refractivity (Wildman–Crippen MR) is 70.5 cm³/mol. The Labute approximate surface area is 117 Å². The van der Waals surface area contributed by atoms with Crippen LogP contribution in [-0.2, 0) is 15.1 Å². The van der Waals surface area contributed by atoms with Crippen molar-refractivity contribution >= 4 is 11.9 Å². The average Bonchev–Trinajstić information content (AvgIpc) is 2.87. The minimum Gasteiger partial charge on any atom is -0.479 e. The summed E-state index contributed by atoms with van der Waals surface area (Å²) in [6, 6.07) is 0. The van der Waals surface area contributed by atoms with Crippen LogP contribution < -0.4 is 0 Å². The highest BCUT2D eigenvalue weighted by Gasteiger charge is 2.30. The molecular weight excluding hydrogens is 262 g/mol. The smallest absolute Gasteiger partial charge is 0.334 e. The maximum absolute atomic E-state index is 12.3. The van der Waals surface area contributed by atoms with Crippen molar-refractivity contribution in [2.24, 2.45) is 0 Å². The lowest BCUT2D eigenvalue weighted by Crippen LogP contribution is -2.48. The van der Waals surface area contributed by atoms with Crippen molar-refractivity contribution in [2.75, 3.05) is 19.7 Å². The lowest BCUT2D eigenvalue weighted by molar-refractivity contribution is -0.154. The fraction of sp³-hybridized carbons (Fsp3) is 0.615. The van der Waals surface area contributed by atoms with Crippen molar-refractivity contribution in [3.63, 3.8) is 0 Å². The van der Waals surface area contributed by atoms with E-state index in [9.17, 15) is 9.59 Å². The third-order valence-corrected chi connectivity index (χ3v) is 3.15. The molecule has 0 spiro atoms. The van der Waals surface area contributed by atoms with Gasteiger partial charge in [-0.1, -0.05) is 0 Å². The second-order valence-corrected chi connectivity index (χ2v) is 5.79. The third-order valence-electron chi connectivity index (χ3n) is 3.15. The van der Waals surface area contributed by atoms with E-state index < -0.39 is 12.1 Å². The van der Waals surface area contributed by atoms with Crippen molar-refractivity contribution in [2.45, 2.75) is 32.4 Å². The standard InChI is InChI=1S/C13H19N3O4/c1-13(2,3)16-7-9(6-14-16)11(17)15-4-5-20-10(8-15)12(18)19/h6-7,10H,4-5,8H2,1-3H3,(H,18,19)/t10-/m1/s1. The largest absolute Gasteiger partial charge is 0.479 e. The van der Waals surface area contributed by atoms with Crippen LogP contribution in [0.25, 0.3) is 0 Å². The highest BCUT2D eigenvalue weighted by molar-refractivity contribution is 5.94. The van der Waals surface area contributed by atoms with E-state index in [1.807, 2.05) is 20.8 Å². The van der Waals surface area contributed by atoms with E-state index in [0.29, 0.717) is 12.1 Å². The number of rotatable bonds is 2. The van der Waals surface area contributed by atoms with Gasteiger partial charge in [-0.2, -0.15) is 5.10 Å². The van der Waals surface area contributed by atoms with Crippen molar-refractivity contribution in [3.05, 3.63) is 18.0 Å². The SMILES string of the molecule is CC(C)(C)n1cc(C(=O)N2CCO[C@@H](C(=O)O)C2)cn1. The summed E-state index contributed by atoms with van der Waals surface area (Å²) in [6.45, 7) is 6.66. The Balaban J connectivity index is 2.11. The zero-order chi connectivity index (χ0) is 14.9. The Morgan fingerprint density at radius 2 is 2.15 bits per heavy atom. The second kappa shape index (κ2) is 5.24. The number of hydrogen-bond acceptors (Lipinski definition) is 4. The number of morpholine rings is 1. The Morgan fingerprint density at radius 1 is 1.45 bits per heavy atom. The summed E-state index contributed by atoms with van der Waals surface area (Å²) in [7, 11) is 0. The van der Waals surface area contributed by atoms with Crippen molar-refractivity contribution in [1.29, 1.82) is 0 Å². The molecule has 1 aliphatic heterocycles. The van der Waals surface area contributed by atoms with Gasteiger partial charge in [0.25, 0.3) is 5.91 Å². The lowest BCUT2D eigenvalue weighted by Gasteiger charge is -2.30. The van der Waals surface area contributed by atoms with E-state index in [1.54, 1.807) is 10.9 Å². The molecule has 2 heterocycles. The number of ether oxygens (including phenoxy) is 1. The summed E-state index contributed by atoms with van der Waals surface area (Å²) >= 11 is 0. The van der Waals surface area contributed by atoms with E-state index >= 15 is 0 Å². The highest BCUT2D eigenvalue weighted by Crippen LogP contribution is 2.15. The lowest BCUT2D eigenvalue weighted by atomic mass is 10.1. The van der Waals surface area contributed by atoms with E-state index in [-0.39, 0.29) is 24.6 Å². The van der Waals surface area contributed by atoms with Crippen LogP contribution in [0.2, 0.25) is 0 Å². The Hall–Kier alpha value is -1.89. The molecule has 1 atom stereocenters. The van der Waals surface area contributed by atoms with Gasteiger partial charge >= 0.3 is 5.97 Å². The molecule has 110 valence electrons. The van der Waals surface area contributed by atoms with Gasteiger partial charge in [0.15, 0.2) is 6.10 Å². The average molecular weight is 281 g/mol. The predicted octanol–water partition coefficient (Wildman–Crippen LogP) is 0.564. The summed E-state index contributed by atoms with van der Waals surface area (Å²) in [4.78, 5) is 24.7. The van der Waals surface area contributed by atoms with E-state index in [2.05, 4.69) is 5.10 Å². The first-order valence-corrected chi connectivity index (χ1v) is 6.48. The molecule has 0 unspecified atom stereocenters. The molecule has 0 saturated carbocycles. The molecule has 1 amide bonds. The van der Waals surface area contributed by atoms with Crippen LogP contribution in [0.4, 0.5) is 0 Å². The fourth-order valence-corrected chi connectivity index (χ4v) is 1.97. The number of hydrogen-bond donors (Lipinski definition) is 1. The first-order chi connectivity index (χ1) is 9.29. The number of aromatic nitrogens is 2. The molecule has 0 aliphatic carbocycles. The number of carboxylic acids is 1. The first-order valence-electron chi connectivity index (χ1n) is 6.48. The summed E-state index contributed by atoms with van der Waals surface area (Å²) in [5.41, 5.74) is 0.263. The van der Waals surface area contributed by atoms with Gasteiger partial charge in [-0.25, -0.2) is 4.79 Å². The Kier molecular flexibility index (Phi) is 3.80. The minimum atomic E-state index is -1.05. The van der Waals surface area contributed by atoms with Gasteiger partial charge in [0.1, 0.15) is 0 Å². The van der Waals surface area contributed by atoms with Crippen LogP contribution in [0.15, 0.2) is 12.4 Å². The van der Waals surface area contributed by atoms with Crippen LogP contribution in [-0.4, -0.2) is 57.5 Å². The second-order valence-electron chi connectivity index (χ2n) is 5.79. The maximum atomic E-state index is 12.3. The van der Waals surface area contributed by atoms with Gasteiger partial charge in [0, 0.05) is 12.7 Å². The molecule has 7 heteroatoms. The highest BCUT2D eigenvalue weighted by atomic mass is 16.5. The number of carbonyl (C=O) groups excluding carboxylic acids is 1. The quantitative estimate of drug-likeness (QED) is 0.856. The third kappa shape index (κ3) is 2.98. The maximum Gasteiger partial charge on any atom is 0.334 e. The molecule has 1 fully saturated rings. The Bertz CT molecular complexity index is 518. The van der Waals surface area contributed by atoms with Gasteiger partial charge in [-0.3, -0.25) is 9.48 Å². The van der Waals surface area contributed by atoms with Crippen molar-refractivity contribution in [3.8, 4) is 0 Å². The summed E-state index contributed by atoms with van der Waals surface area (Å²) < 4.78 is 6.82. The summed E-state index contributed by atoms with van der Waals surface area (Å²) in [5.74, 6) is -1.26. The van der Waals surface area contributed by atoms with Gasteiger partial charge < -0.3 is 14.7 Å². The number of carboxylic acid groups (broad SMARTS) is 1. The van der Waals surface area contributed by atoms with Crippen molar-refractivity contribution in [1.82, 2.24) is 14.7 Å². The number of amides is 1. The zero-order valence-corrected chi connectivity index (χ0v) is 11.9. The molecule has 2 rings (SSSR count). The Morgan fingerprint density at radius 3 is 2.70 bits per heavy atom. The number of aliphatic carboxylic acids is 1. The van der Waals surface area contributed by atoms with Gasteiger partial charge in [-0.15, -0.1) is 0 Å². The first kappa shape index (κ1) is 14.5. The van der Waals surface area contributed by atoms with Gasteiger partial charge in [0.05, 0.1) is 30.5 Å². The van der Waals surface area contributed by atoms with Gasteiger partial charge in [0.2, 0.25) is 0 Å². The van der Waals surface area contributed by atoms with E-state index in [4.69, 9.17) is 9.84 Å². The van der Waals surface area contributed by atoms with Crippen LogP contribution in [0.3, 0.4) is 0 Å². The van der Waals surface area contributed by atoms with Gasteiger partial charge in [-0.05, 0) is 20.8 Å². The summed E-state index contributed by atoms with van der Waals surface area (Å²) in [5, 5.41) is 13.1. The molecular formula is C13H19N3O4. The fourth-order valence-electron chi connectivity index (χ4n) is 1.97. The molecule has 1 aliphatic rings. The molecule has 7 nitrogen and oxygen atoms in total. The van der Waals surface area contributed by atoms with Crippen LogP contribution in [0.5, 0.6) is 0 Å². The molecule has 0 bridgehead atoms. The van der Waals surface area contributed by atoms with E-state index in [0.717, 1.165) is 0 Å². The molecule has 20 heavy (non-hydrogen) atoms. The van der Waals surface area contributed by atoms with Crippen molar-refractivity contribution < 1.29 is 19.4 Å². The zero-order valence-electron chi connectivity index (χ0n) is 11.9. The molecule has 1 saturated heterocycles. The minimum absolute atomic E-state index is 0.0643. The topological polar surface area (TPSA) is 84.7 Å². The molecule has 1 aromatic heterocycles. The van der Waals surface area contributed by atoms with Crippen LogP contribution in [0, 0.1) is 0 Å². The van der Waals surface area contributed by atoms with Crippen LogP contribution >= 0.6 is 0 Å². The number of nitrogens with zero attached hydrogens (tertiary/aromatic N) is 3. The molecule has 0 aromatic carbocycles. The monoisotopic (exact) mass is 281 g/mol. The van der Waals surface area contributed by atoms with E-state index in [1.165, 1.54) is 11.1 Å². The molecule has 1 N–H and O–H groups in total. The van der Waals surface area contributed by atoms with Crippen LogP contribution in [0.1, 0.15) is 31.1 Å². The number of carbonyl (C=O) groups is 2.